The molecule has 0 amide bonds. The van der Waals surface area contributed by atoms with Crippen LogP contribution in [0.25, 0.3) is 10.9 Å². The molecule has 0 saturated carbocycles. The second kappa shape index (κ2) is 8.43. The number of aromatic amines is 1. The summed E-state index contributed by atoms with van der Waals surface area (Å²) in [5.41, 5.74) is 4.71. The number of piperidine rings is 1. The van der Waals surface area contributed by atoms with Crippen LogP contribution >= 0.6 is 0 Å². The van der Waals surface area contributed by atoms with Gasteiger partial charge in [0.1, 0.15) is 5.75 Å². The van der Waals surface area contributed by atoms with Crippen LogP contribution in [0.4, 0.5) is 0 Å². The van der Waals surface area contributed by atoms with Gasteiger partial charge in [-0.2, -0.15) is 0 Å². The van der Waals surface area contributed by atoms with Crippen LogP contribution in [-0.4, -0.2) is 45.8 Å². The number of nitrogens with one attached hydrogen (secondary N) is 1. The summed E-state index contributed by atoms with van der Waals surface area (Å²) in [5, 5.41) is 10.6. The average molecular weight is 463 g/mol. The number of fused-ring (bicyclic) bond motifs is 1. The van der Waals surface area contributed by atoms with Gasteiger partial charge >= 0.3 is 5.97 Å². The van der Waals surface area contributed by atoms with Crippen molar-refractivity contribution < 1.29 is 19.4 Å². The van der Waals surface area contributed by atoms with Gasteiger partial charge in [-0.05, 0) is 81.8 Å². The van der Waals surface area contributed by atoms with Crippen molar-refractivity contribution in [2.45, 2.75) is 70.2 Å². The van der Waals surface area contributed by atoms with Crippen molar-refractivity contribution >= 4 is 16.9 Å². The lowest BCUT2D eigenvalue weighted by molar-refractivity contribution is -0.126. The highest BCUT2D eigenvalue weighted by Crippen LogP contribution is 2.49. The van der Waals surface area contributed by atoms with E-state index in [1.54, 1.807) is 19.2 Å². The molecular formula is C28H34N2O4. The van der Waals surface area contributed by atoms with E-state index in [4.69, 9.17) is 9.47 Å². The molecule has 6 heteroatoms. The van der Waals surface area contributed by atoms with Gasteiger partial charge in [0, 0.05) is 41.8 Å². The third kappa shape index (κ3) is 4.10. The number of benzene rings is 2. The van der Waals surface area contributed by atoms with E-state index in [-0.39, 0.29) is 17.2 Å². The molecule has 34 heavy (non-hydrogen) atoms. The molecule has 180 valence electrons. The zero-order chi connectivity index (χ0) is 24.1. The van der Waals surface area contributed by atoms with E-state index in [1.807, 2.05) is 18.3 Å². The molecule has 2 aliphatic heterocycles. The zero-order valence-electron chi connectivity index (χ0n) is 20.5. The summed E-state index contributed by atoms with van der Waals surface area (Å²) in [7, 11) is 1.73. The van der Waals surface area contributed by atoms with Crippen molar-refractivity contribution in [3.63, 3.8) is 0 Å². The molecule has 2 aliphatic rings. The first kappa shape index (κ1) is 22.9. The van der Waals surface area contributed by atoms with Gasteiger partial charge in [0.25, 0.3) is 0 Å². The van der Waals surface area contributed by atoms with E-state index < -0.39 is 5.97 Å². The Balaban J connectivity index is 1.52. The average Bonchev–Trinajstić information content (AvgIpc) is 3.42. The van der Waals surface area contributed by atoms with Crippen LogP contribution in [0.15, 0.2) is 42.6 Å². The predicted octanol–water partition coefficient (Wildman–Crippen LogP) is 5.85. The minimum Gasteiger partial charge on any atom is -0.496 e. The van der Waals surface area contributed by atoms with Crippen LogP contribution in [-0.2, 0) is 11.3 Å². The molecule has 1 spiro atoms. The van der Waals surface area contributed by atoms with E-state index in [2.05, 4.69) is 42.8 Å². The molecular weight excluding hydrogens is 428 g/mol. The van der Waals surface area contributed by atoms with E-state index >= 15 is 0 Å². The highest BCUT2D eigenvalue weighted by molar-refractivity contribution is 5.88. The van der Waals surface area contributed by atoms with E-state index in [1.165, 1.54) is 16.5 Å². The third-order valence-corrected chi connectivity index (χ3v) is 7.77. The van der Waals surface area contributed by atoms with Crippen molar-refractivity contribution in [3.8, 4) is 5.75 Å². The van der Waals surface area contributed by atoms with Crippen LogP contribution in [0.1, 0.15) is 72.6 Å². The number of likely N-dealkylation sites (tertiary alicyclic amines) is 1. The fourth-order valence-corrected chi connectivity index (χ4v) is 5.97. The topological polar surface area (TPSA) is 74.8 Å². The van der Waals surface area contributed by atoms with E-state index in [0.717, 1.165) is 55.6 Å². The summed E-state index contributed by atoms with van der Waals surface area (Å²) in [6.07, 6.45) is 6.00. The molecule has 0 aliphatic carbocycles. The molecule has 2 aromatic carbocycles. The van der Waals surface area contributed by atoms with Gasteiger partial charge in [-0.1, -0.05) is 12.1 Å². The Morgan fingerprint density at radius 1 is 1.21 bits per heavy atom. The Morgan fingerprint density at radius 3 is 2.62 bits per heavy atom. The largest absolute Gasteiger partial charge is 0.496 e. The number of carboxylic acid groups (broad SMARTS) is 1. The number of carbonyl (C=O) groups is 1. The molecule has 2 unspecified atom stereocenters. The highest BCUT2D eigenvalue weighted by atomic mass is 16.5. The number of aryl methyl sites for hydroxylation is 1. The van der Waals surface area contributed by atoms with Crippen LogP contribution in [0.2, 0.25) is 0 Å². The first-order chi connectivity index (χ1) is 16.2. The Bertz CT molecular complexity index is 1210. The molecule has 2 fully saturated rings. The Labute approximate surface area is 200 Å². The maximum atomic E-state index is 11.4. The van der Waals surface area contributed by atoms with Gasteiger partial charge in [-0.25, -0.2) is 4.79 Å². The minimum atomic E-state index is -0.899. The SMILES string of the molecule is COc1cc(C)c2[nH]ccc2c1CN1CCC2(CCC(C)(C)O2)CC1c1ccc(C(=O)O)cc1. The number of hydrogen-bond acceptors (Lipinski definition) is 4. The maximum Gasteiger partial charge on any atom is 0.335 e. The zero-order valence-corrected chi connectivity index (χ0v) is 20.5. The number of methoxy groups -OCH3 is 1. The second-order valence-corrected chi connectivity index (χ2v) is 10.6. The molecule has 5 rings (SSSR count). The van der Waals surface area contributed by atoms with Crippen molar-refractivity contribution in [1.29, 1.82) is 0 Å². The van der Waals surface area contributed by atoms with Gasteiger partial charge in [-0.3, -0.25) is 4.90 Å². The smallest absolute Gasteiger partial charge is 0.335 e. The maximum absolute atomic E-state index is 11.4. The van der Waals surface area contributed by atoms with Crippen LogP contribution in [0.3, 0.4) is 0 Å². The fraction of sp³-hybridized carbons (Fsp3) is 0.464. The second-order valence-electron chi connectivity index (χ2n) is 10.6. The first-order valence-corrected chi connectivity index (χ1v) is 12.1. The fourth-order valence-electron chi connectivity index (χ4n) is 5.97. The monoisotopic (exact) mass is 462 g/mol. The van der Waals surface area contributed by atoms with E-state index in [9.17, 15) is 9.90 Å². The molecule has 2 saturated heterocycles. The Morgan fingerprint density at radius 2 is 1.97 bits per heavy atom. The summed E-state index contributed by atoms with van der Waals surface area (Å²) < 4.78 is 12.5. The van der Waals surface area contributed by atoms with Crippen molar-refractivity contribution in [2.24, 2.45) is 0 Å². The number of ether oxygens (including phenoxy) is 2. The van der Waals surface area contributed by atoms with Gasteiger partial charge in [0.2, 0.25) is 0 Å². The molecule has 3 heterocycles. The Hall–Kier alpha value is -2.83. The molecule has 3 aromatic rings. The summed E-state index contributed by atoms with van der Waals surface area (Å²) in [6, 6.07) is 11.7. The number of rotatable bonds is 5. The van der Waals surface area contributed by atoms with Gasteiger partial charge in [0.05, 0.1) is 23.9 Å². The molecule has 6 nitrogen and oxygen atoms in total. The van der Waals surface area contributed by atoms with Crippen molar-refractivity contribution in [3.05, 3.63) is 64.8 Å². The lowest BCUT2D eigenvalue weighted by Crippen LogP contribution is -2.46. The van der Waals surface area contributed by atoms with Gasteiger partial charge in [-0.15, -0.1) is 0 Å². The van der Waals surface area contributed by atoms with Crippen molar-refractivity contribution in [2.75, 3.05) is 13.7 Å². The molecule has 0 bridgehead atoms. The lowest BCUT2D eigenvalue weighted by Gasteiger charge is -2.46. The van der Waals surface area contributed by atoms with E-state index in [0.29, 0.717) is 5.56 Å². The van der Waals surface area contributed by atoms with Crippen LogP contribution < -0.4 is 4.74 Å². The van der Waals surface area contributed by atoms with Gasteiger partial charge < -0.3 is 19.6 Å². The summed E-state index contributed by atoms with van der Waals surface area (Å²) in [5.74, 6) is 0.00625. The highest BCUT2D eigenvalue weighted by Gasteiger charge is 2.49. The van der Waals surface area contributed by atoms with Gasteiger partial charge in [0.15, 0.2) is 0 Å². The van der Waals surface area contributed by atoms with Crippen LogP contribution in [0, 0.1) is 6.92 Å². The number of hydrogen-bond donors (Lipinski definition) is 2. The quantitative estimate of drug-likeness (QED) is 0.498. The standard InChI is InChI=1S/C28H34N2O4/c1-18-15-24(33-4)22(21-9-13-29-25(18)21)17-30-14-12-28(11-10-27(2,3)34-28)16-23(30)19-5-7-20(8-6-19)26(31)32/h5-9,13,15,23,29H,10-12,14,16-17H2,1-4H3,(H,31,32). The third-order valence-electron chi connectivity index (χ3n) is 7.77. The number of aromatic nitrogens is 1. The normalized spacial score (nSPS) is 24.6. The number of aromatic carboxylic acids is 1. The summed E-state index contributed by atoms with van der Waals surface area (Å²) in [6.45, 7) is 8.13. The molecule has 2 N–H and O–H groups in total. The summed E-state index contributed by atoms with van der Waals surface area (Å²) >= 11 is 0. The van der Waals surface area contributed by atoms with Crippen molar-refractivity contribution in [1.82, 2.24) is 9.88 Å². The lowest BCUT2D eigenvalue weighted by atomic mass is 9.81. The first-order valence-electron chi connectivity index (χ1n) is 12.1. The Kier molecular flexibility index (Phi) is 5.69. The molecule has 1 aromatic heterocycles. The summed E-state index contributed by atoms with van der Waals surface area (Å²) in [4.78, 5) is 17.3. The predicted molar refractivity (Wildman–Crippen MR) is 133 cm³/mol. The molecule has 0 radical (unpaired) electrons. The minimum absolute atomic E-state index is 0.0999. The number of carboxylic acids is 1. The number of H-pyrrole nitrogens is 1. The number of nitrogens with zero attached hydrogens (tertiary/aromatic N) is 1. The molecule has 2 atom stereocenters. The van der Waals surface area contributed by atoms with Crippen LogP contribution in [0.5, 0.6) is 5.75 Å².